The van der Waals surface area contributed by atoms with Gasteiger partial charge in [0.15, 0.2) is 0 Å². The van der Waals surface area contributed by atoms with Gasteiger partial charge >= 0.3 is 6.36 Å². The van der Waals surface area contributed by atoms with Crippen LogP contribution in [-0.4, -0.2) is 39.9 Å². The summed E-state index contributed by atoms with van der Waals surface area (Å²) in [4.78, 5) is 22.0. The fourth-order valence-electron chi connectivity index (χ4n) is 7.16. The van der Waals surface area contributed by atoms with Crippen LogP contribution >= 0.6 is 0 Å². The van der Waals surface area contributed by atoms with Gasteiger partial charge in [-0.1, -0.05) is 12.8 Å². The molecule has 2 bridgehead atoms. The van der Waals surface area contributed by atoms with Gasteiger partial charge in [-0.2, -0.15) is 0 Å². The van der Waals surface area contributed by atoms with Gasteiger partial charge in [-0.05, 0) is 86.3 Å². The van der Waals surface area contributed by atoms with Crippen LogP contribution in [0.4, 0.5) is 30.4 Å². The van der Waals surface area contributed by atoms with Crippen molar-refractivity contribution in [2.45, 2.75) is 63.4 Å². The van der Waals surface area contributed by atoms with Crippen molar-refractivity contribution >= 4 is 17.2 Å². The minimum absolute atomic E-state index is 0.117. The van der Waals surface area contributed by atoms with Crippen molar-refractivity contribution in [3.05, 3.63) is 71.0 Å². The molecule has 11 heteroatoms. The fourth-order valence-corrected chi connectivity index (χ4v) is 7.16. The number of anilines is 2. The van der Waals surface area contributed by atoms with E-state index in [4.69, 9.17) is 0 Å². The first-order chi connectivity index (χ1) is 19.7. The second-order valence-electron chi connectivity index (χ2n) is 11.5. The third-order valence-corrected chi connectivity index (χ3v) is 8.90. The Morgan fingerprint density at radius 3 is 2.46 bits per heavy atom. The lowest BCUT2D eigenvalue weighted by Gasteiger charge is -2.39. The largest absolute Gasteiger partial charge is 0.573 e. The topological polar surface area (TPSA) is 93.4 Å². The van der Waals surface area contributed by atoms with Gasteiger partial charge in [-0.15, -0.1) is 13.2 Å². The van der Waals surface area contributed by atoms with E-state index in [1.165, 1.54) is 37.7 Å². The molecule has 0 amide bonds. The van der Waals surface area contributed by atoms with Gasteiger partial charge in [0.2, 0.25) is 0 Å². The maximum absolute atomic E-state index is 12.5. The lowest BCUT2D eigenvalue weighted by Crippen LogP contribution is -2.41. The number of fused-ring (bicyclic) bond motifs is 2. The average molecular weight is 568 g/mol. The van der Waals surface area contributed by atoms with E-state index >= 15 is 0 Å². The highest BCUT2D eigenvalue weighted by atomic mass is 19.4. The lowest BCUT2D eigenvalue weighted by molar-refractivity contribution is -0.384. The Hall–Kier alpha value is -3.89. The fraction of sp³-hybridized carbons (Fsp3) is 0.467. The molecule has 2 aliphatic carbocycles. The molecule has 1 saturated heterocycles. The van der Waals surface area contributed by atoms with E-state index in [0.29, 0.717) is 40.9 Å². The van der Waals surface area contributed by atoms with E-state index in [2.05, 4.69) is 24.9 Å². The van der Waals surface area contributed by atoms with Crippen LogP contribution in [0.3, 0.4) is 0 Å². The normalized spacial score (nSPS) is 25.7. The molecule has 1 aromatic heterocycles. The number of nitrogens with one attached hydrogen (secondary N) is 1. The third-order valence-electron chi connectivity index (χ3n) is 8.90. The summed E-state index contributed by atoms with van der Waals surface area (Å²) < 4.78 is 41.5. The number of rotatable bonds is 8. The van der Waals surface area contributed by atoms with Crippen molar-refractivity contribution in [3.8, 4) is 17.0 Å². The van der Waals surface area contributed by atoms with Gasteiger partial charge in [-0.25, -0.2) is 9.97 Å². The summed E-state index contributed by atoms with van der Waals surface area (Å²) in [6.45, 7) is 1.01. The number of nitrogens with zero attached hydrogens (tertiary/aromatic N) is 4. The zero-order valence-electron chi connectivity index (χ0n) is 22.5. The number of piperidine rings is 1. The summed E-state index contributed by atoms with van der Waals surface area (Å²) in [5.74, 6) is 2.18. The van der Waals surface area contributed by atoms with E-state index in [-0.39, 0.29) is 22.4 Å². The Labute approximate surface area is 236 Å². The minimum atomic E-state index is -4.73. The van der Waals surface area contributed by atoms with Crippen LogP contribution in [0.5, 0.6) is 5.75 Å². The van der Waals surface area contributed by atoms with Crippen LogP contribution < -0.4 is 15.0 Å². The molecule has 216 valence electrons. The van der Waals surface area contributed by atoms with Crippen LogP contribution in [-0.2, 0) is 0 Å². The highest BCUT2D eigenvalue weighted by Crippen LogP contribution is 2.48. The molecule has 3 aromatic rings. The van der Waals surface area contributed by atoms with Crippen molar-refractivity contribution in [1.82, 2.24) is 9.97 Å². The van der Waals surface area contributed by atoms with Gasteiger partial charge in [0.05, 0.1) is 10.6 Å². The number of nitro benzene ring substituents is 1. The molecule has 1 N–H and O–H groups in total. The minimum Gasteiger partial charge on any atom is -0.406 e. The first-order valence-corrected chi connectivity index (χ1v) is 14.2. The van der Waals surface area contributed by atoms with Gasteiger partial charge in [-0.3, -0.25) is 10.1 Å². The third kappa shape index (κ3) is 6.23. The van der Waals surface area contributed by atoms with E-state index in [0.717, 1.165) is 37.9 Å². The molecule has 41 heavy (non-hydrogen) atoms. The summed E-state index contributed by atoms with van der Waals surface area (Å²) in [6.07, 6.45) is 4.84. The molecule has 5 atom stereocenters. The molecule has 8 nitrogen and oxygen atoms in total. The van der Waals surface area contributed by atoms with Gasteiger partial charge in [0.1, 0.15) is 17.9 Å². The van der Waals surface area contributed by atoms with Crippen LogP contribution in [0.15, 0.2) is 60.9 Å². The Balaban J connectivity index is 1.12. The number of halogens is 3. The molecule has 2 heterocycles. The predicted octanol–water partition coefficient (Wildman–Crippen LogP) is 7.23. The SMILES string of the molecule is O=[N+]([O-])c1ccc(N2C[C@@H]3C[C@H](C[C@@H]4CCCC[C@H]4Nc4cc(-c5ccc(OC(F)(F)F)cc5)ncn4)[C@H]2C3)cc1. The number of ether oxygens (including phenoxy) is 1. The Morgan fingerprint density at radius 2 is 1.76 bits per heavy atom. The molecule has 1 aliphatic heterocycles. The monoisotopic (exact) mass is 567 g/mol. The van der Waals surface area contributed by atoms with E-state index in [1.54, 1.807) is 24.3 Å². The maximum Gasteiger partial charge on any atom is 0.573 e. The molecular formula is C30H32F3N5O3. The number of benzene rings is 2. The summed E-state index contributed by atoms with van der Waals surface area (Å²) >= 11 is 0. The van der Waals surface area contributed by atoms with Crippen molar-refractivity contribution in [1.29, 1.82) is 0 Å². The van der Waals surface area contributed by atoms with Crippen molar-refractivity contribution in [2.24, 2.45) is 17.8 Å². The molecule has 3 aliphatic rings. The maximum atomic E-state index is 12.5. The van der Waals surface area contributed by atoms with E-state index in [1.807, 2.05) is 18.2 Å². The Kier molecular flexibility index (Phi) is 7.44. The first-order valence-electron chi connectivity index (χ1n) is 14.2. The average Bonchev–Trinajstić information content (AvgIpc) is 3.55. The van der Waals surface area contributed by atoms with Crippen molar-refractivity contribution in [3.63, 3.8) is 0 Å². The highest BCUT2D eigenvalue weighted by Gasteiger charge is 2.46. The molecule has 2 saturated carbocycles. The standard InChI is InChI=1S/C30H32F3N5O3/c31-30(32,33)41-25-11-5-20(6-12-25)27-16-29(35-18-34-27)36-26-4-2-1-3-21(26)15-22-13-19-14-28(22)37(17-19)23-7-9-24(10-8-23)38(39)40/h5-12,16,18-19,21-22,26,28H,1-4,13-15,17H2,(H,34,35,36)/t19-,21+,22-,26-,28-/m1/s1. The number of nitro groups is 1. The van der Waals surface area contributed by atoms with Crippen molar-refractivity contribution in [2.75, 3.05) is 16.8 Å². The molecule has 0 radical (unpaired) electrons. The number of alkyl halides is 3. The highest BCUT2D eigenvalue weighted by molar-refractivity contribution is 5.63. The summed E-state index contributed by atoms with van der Waals surface area (Å²) in [5, 5.41) is 14.7. The number of non-ortho nitro benzene ring substituents is 1. The number of hydrogen-bond donors (Lipinski definition) is 1. The Bertz CT molecular complexity index is 1370. The predicted molar refractivity (Wildman–Crippen MR) is 149 cm³/mol. The molecule has 6 rings (SSSR count). The zero-order chi connectivity index (χ0) is 28.6. The van der Waals surface area contributed by atoms with E-state index in [9.17, 15) is 23.3 Å². The molecule has 2 aromatic carbocycles. The smallest absolute Gasteiger partial charge is 0.406 e. The van der Waals surface area contributed by atoms with Crippen LogP contribution in [0, 0.1) is 27.9 Å². The summed E-state index contributed by atoms with van der Waals surface area (Å²) in [7, 11) is 0. The molecular weight excluding hydrogens is 535 g/mol. The summed E-state index contributed by atoms with van der Waals surface area (Å²) in [5.41, 5.74) is 2.49. The van der Waals surface area contributed by atoms with Gasteiger partial charge in [0, 0.05) is 48.1 Å². The second kappa shape index (κ2) is 11.2. The Morgan fingerprint density at radius 1 is 1.00 bits per heavy atom. The number of aromatic nitrogens is 2. The zero-order valence-corrected chi connectivity index (χ0v) is 22.5. The second-order valence-corrected chi connectivity index (χ2v) is 11.5. The molecule has 0 spiro atoms. The van der Waals surface area contributed by atoms with Gasteiger partial charge < -0.3 is 15.0 Å². The van der Waals surface area contributed by atoms with Crippen LogP contribution in [0.1, 0.15) is 44.9 Å². The van der Waals surface area contributed by atoms with Gasteiger partial charge in [0.25, 0.3) is 5.69 Å². The quantitative estimate of drug-likeness (QED) is 0.227. The van der Waals surface area contributed by atoms with Crippen LogP contribution in [0.25, 0.3) is 11.3 Å². The van der Waals surface area contributed by atoms with E-state index < -0.39 is 6.36 Å². The number of hydrogen-bond acceptors (Lipinski definition) is 7. The molecule has 0 unspecified atom stereocenters. The van der Waals surface area contributed by atoms with Crippen LogP contribution in [0.2, 0.25) is 0 Å². The first kappa shape index (κ1) is 27.3. The molecule has 3 fully saturated rings. The summed E-state index contributed by atoms with van der Waals surface area (Å²) in [6, 6.07) is 15.2. The lowest BCUT2D eigenvalue weighted by atomic mass is 9.77. The van der Waals surface area contributed by atoms with Crippen molar-refractivity contribution < 1.29 is 22.8 Å².